The van der Waals surface area contributed by atoms with Crippen LogP contribution >= 0.6 is 11.8 Å². The van der Waals surface area contributed by atoms with Crippen molar-refractivity contribution in [3.63, 3.8) is 0 Å². The molecule has 6 heteroatoms. The van der Waals surface area contributed by atoms with Crippen LogP contribution in [-0.2, 0) is 6.54 Å². The number of carbonyl (C=O) groups is 1. The van der Waals surface area contributed by atoms with E-state index < -0.39 is 0 Å². The van der Waals surface area contributed by atoms with E-state index in [1.54, 1.807) is 30.5 Å². The summed E-state index contributed by atoms with van der Waals surface area (Å²) in [5, 5.41) is 3.59. The molecule has 0 fully saturated rings. The number of amides is 1. The SMILES string of the molecule is CSc1ncccc1C(=O)NCc1ccc(Oc2ccc(F)cc2)cc1. The number of benzene rings is 2. The molecule has 1 amide bonds. The molecule has 0 aliphatic rings. The molecule has 1 heterocycles. The predicted molar refractivity (Wildman–Crippen MR) is 100 cm³/mol. The number of halogens is 1. The van der Waals surface area contributed by atoms with E-state index in [4.69, 9.17) is 4.74 Å². The summed E-state index contributed by atoms with van der Waals surface area (Å²) >= 11 is 1.44. The molecule has 0 bridgehead atoms. The van der Waals surface area contributed by atoms with Crippen LogP contribution in [0.3, 0.4) is 0 Å². The van der Waals surface area contributed by atoms with E-state index >= 15 is 0 Å². The molecule has 1 aromatic heterocycles. The first kappa shape index (κ1) is 17.9. The summed E-state index contributed by atoms with van der Waals surface area (Å²) in [4.78, 5) is 16.5. The van der Waals surface area contributed by atoms with Crippen LogP contribution in [0.5, 0.6) is 11.5 Å². The van der Waals surface area contributed by atoms with Crippen LogP contribution in [-0.4, -0.2) is 17.1 Å². The normalized spacial score (nSPS) is 10.4. The Morgan fingerprint density at radius 2 is 1.73 bits per heavy atom. The number of nitrogens with one attached hydrogen (secondary N) is 1. The minimum atomic E-state index is -0.304. The average Bonchev–Trinajstić information content (AvgIpc) is 2.69. The number of hydrogen-bond acceptors (Lipinski definition) is 4. The third kappa shape index (κ3) is 4.61. The Bertz CT molecular complexity index is 883. The number of ether oxygens (including phenoxy) is 1. The van der Waals surface area contributed by atoms with Crippen LogP contribution in [0.1, 0.15) is 15.9 Å². The third-order valence-corrected chi connectivity index (χ3v) is 4.35. The van der Waals surface area contributed by atoms with Gasteiger partial charge in [0.2, 0.25) is 0 Å². The number of aromatic nitrogens is 1. The van der Waals surface area contributed by atoms with E-state index in [0.29, 0.717) is 28.6 Å². The molecule has 132 valence electrons. The zero-order valence-electron chi connectivity index (χ0n) is 14.1. The lowest BCUT2D eigenvalue weighted by molar-refractivity contribution is 0.0947. The number of rotatable bonds is 6. The maximum Gasteiger partial charge on any atom is 0.254 e. The van der Waals surface area contributed by atoms with Gasteiger partial charge in [0.05, 0.1) is 5.56 Å². The molecule has 3 rings (SSSR count). The fourth-order valence-electron chi connectivity index (χ4n) is 2.32. The summed E-state index contributed by atoms with van der Waals surface area (Å²) in [5.74, 6) is 0.744. The van der Waals surface area contributed by atoms with E-state index in [1.165, 1.54) is 23.9 Å². The summed E-state index contributed by atoms with van der Waals surface area (Å²) in [5.41, 5.74) is 1.51. The number of thioether (sulfide) groups is 1. The van der Waals surface area contributed by atoms with Gasteiger partial charge in [0, 0.05) is 12.7 Å². The fourth-order valence-corrected chi connectivity index (χ4v) is 2.86. The summed E-state index contributed by atoms with van der Waals surface area (Å²) < 4.78 is 18.6. The lowest BCUT2D eigenvalue weighted by Crippen LogP contribution is -2.23. The quantitative estimate of drug-likeness (QED) is 0.643. The van der Waals surface area contributed by atoms with Crippen LogP contribution in [0.25, 0.3) is 0 Å². The Balaban J connectivity index is 1.59. The van der Waals surface area contributed by atoms with Crippen LogP contribution < -0.4 is 10.1 Å². The second-order valence-electron chi connectivity index (χ2n) is 5.44. The van der Waals surface area contributed by atoms with Gasteiger partial charge in [-0.05, 0) is 60.4 Å². The zero-order chi connectivity index (χ0) is 18.4. The predicted octanol–water partition coefficient (Wildman–Crippen LogP) is 4.66. The van der Waals surface area contributed by atoms with Crippen molar-refractivity contribution in [1.82, 2.24) is 10.3 Å². The van der Waals surface area contributed by atoms with Crippen molar-refractivity contribution in [2.45, 2.75) is 11.6 Å². The first-order valence-corrected chi connectivity index (χ1v) is 9.18. The molecule has 1 N–H and O–H groups in total. The van der Waals surface area contributed by atoms with Gasteiger partial charge in [-0.25, -0.2) is 9.37 Å². The number of pyridine rings is 1. The standard InChI is InChI=1S/C20H17FN2O2S/c1-26-20-18(3-2-12-22-20)19(24)23-13-14-4-8-16(9-5-14)25-17-10-6-15(21)7-11-17/h2-12H,13H2,1H3,(H,23,24). The van der Waals surface area contributed by atoms with Gasteiger partial charge in [0.1, 0.15) is 22.3 Å². The van der Waals surface area contributed by atoms with Crippen molar-refractivity contribution in [3.05, 3.63) is 83.8 Å². The van der Waals surface area contributed by atoms with E-state index in [1.807, 2.05) is 30.5 Å². The zero-order valence-corrected chi connectivity index (χ0v) is 14.9. The molecular weight excluding hydrogens is 351 g/mol. The highest BCUT2D eigenvalue weighted by Crippen LogP contribution is 2.22. The summed E-state index contributed by atoms with van der Waals surface area (Å²) in [6, 6.07) is 16.7. The second-order valence-corrected chi connectivity index (χ2v) is 6.24. The van der Waals surface area contributed by atoms with Crippen molar-refractivity contribution in [2.75, 3.05) is 6.26 Å². The minimum absolute atomic E-state index is 0.158. The fraction of sp³-hybridized carbons (Fsp3) is 0.100. The van der Waals surface area contributed by atoms with Gasteiger partial charge < -0.3 is 10.1 Å². The van der Waals surface area contributed by atoms with Gasteiger partial charge in [0.25, 0.3) is 5.91 Å². The second kappa shape index (κ2) is 8.49. The van der Waals surface area contributed by atoms with Crippen LogP contribution in [0.15, 0.2) is 71.9 Å². The van der Waals surface area contributed by atoms with E-state index in [-0.39, 0.29) is 11.7 Å². The van der Waals surface area contributed by atoms with Gasteiger partial charge in [-0.1, -0.05) is 12.1 Å². The van der Waals surface area contributed by atoms with Crippen molar-refractivity contribution in [3.8, 4) is 11.5 Å². The Hall–Kier alpha value is -2.86. The first-order valence-electron chi connectivity index (χ1n) is 7.95. The lowest BCUT2D eigenvalue weighted by Gasteiger charge is -2.09. The number of carbonyl (C=O) groups excluding carboxylic acids is 1. The summed E-state index contributed by atoms with van der Waals surface area (Å²) in [6.45, 7) is 0.401. The van der Waals surface area contributed by atoms with Gasteiger partial charge in [-0.15, -0.1) is 11.8 Å². The maximum absolute atomic E-state index is 12.9. The van der Waals surface area contributed by atoms with E-state index in [9.17, 15) is 9.18 Å². The molecule has 0 saturated carbocycles. The van der Waals surface area contributed by atoms with Gasteiger partial charge in [-0.3, -0.25) is 4.79 Å². The highest BCUT2D eigenvalue weighted by atomic mass is 32.2. The summed E-state index contributed by atoms with van der Waals surface area (Å²) in [6.07, 6.45) is 3.56. The molecule has 0 saturated heterocycles. The smallest absolute Gasteiger partial charge is 0.254 e. The van der Waals surface area contributed by atoms with Crippen molar-refractivity contribution >= 4 is 17.7 Å². The molecule has 0 aliphatic heterocycles. The molecule has 4 nitrogen and oxygen atoms in total. The minimum Gasteiger partial charge on any atom is -0.457 e. The molecule has 26 heavy (non-hydrogen) atoms. The topological polar surface area (TPSA) is 51.2 Å². The highest BCUT2D eigenvalue weighted by molar-refractivity contribution is 7.98. The lowest BCUT2D eigenvalue weighted by atomic mass is 10.2. The Morgan fingerprint density at radius 1 is 1.08 bits per heavy atom. The largest absolute Gasteiger partial charge is 0.457 e. The van der Waals surface area contributed by atoms with Crippen LogP contribution in [0.4, 0.5) is 4.39 Å². The monoisotopic (exact) mass is 368 g/mol. The molecule has 2 aromatic carbocycles. The molecule has 3 aromatic rings. The maximum atomic E-state index is 12.9. The van der Waals surface area contributed by atoms with Crippen LogP contribution in [0.2, 0.25) is 0 Å². The Labute approximate surface area is 155 Å². The van der Waals surface area contributed by atoms with E-state index in [2.05, 4.69) is 10.3 Å². The molecule has 0 radical (unpaired) electrons. The van der Waals surface area contributed by atoms with Crippen LogP contribution in [0, 0.1) is 5.82 Å². The Morgan fingerprint density at radius 3 is 2.38 bits per heavy atom. The third-order valence-electron chi connectivity index (χ3n) is 3.63. The van der Waals surface area contributed by atoms with E-state index in [0.717, 1.165) is 5.56 Å². The average molecular weight is 368 g/mol. The van der Waals surface area contributed by atoms with Crippen molar-refractivity contribution < 1.29 is 13.9 Å². The number of nitrogens with zero attached hydrogens (tertiary/aromatic N) is 1. The highest BCUT2D eigenvalue weighted by Gasteiger charge is 2.11. The van der Waals surface area contributed by atoms with Gasteiger partial charge in [-0.2, -0.15) is 0 Å². The molecule has 0 unspecified atom stereocenters. The van der Waals surface area contributed by atoms with Crippen molar-refractivity contribution in [2.24, 2.45) is 0 Å². The van der Waals surface area contributed by atoms with Crippen molar-refractivity contribution in [1.29, 1.82) is 0 Å². The molecule has 0 atom stereocenters. The Kier molecular flexibility index (Phi) is 5.86. The number of hydrogen-bond donors (Lipinski definition) is 1. The molecule has 0 aliphatic carbocycles. The molecular formula is C20H17FN2O2S. The first-order chi connectivity index (χ1) is 12.7. The van der Waals surface area contributed by atoms with Gasteiger partial charge >= 0.3 is 0 Å². The van der Waals surface area contributed by atoms with Gasteiger partial charge in [0.15, 0.2) is 0 Å². The summed E-state index contributed by atoms with van der Waals surface area (Å²) in [7, 11) is 0. The molecule has 0 spiro atoms.